The first-order valence-electron chi connectivity index (χ1n) is 9.95. The third kappa shape index (κ3) is 4.60. The second kappa shape index (κ2) is 9.54. The molecule has 3 aromatic carbocycles. The average molecular weight is 454 g/mol. The molecule has 4 aromatic rings. The summed E-state index contributed by atoms with van der Waals surface area (Å²) in [6.07, 6.45) is 0. The van der Waals surface area contributed by atoms with Gasteiger partial charge in [-0.1, -0.05) is 59.8 Å². The number of carbonyl (C=O) groups excluding carboxylic acids is 1. The number of thioether (sulfide) groups is 1. The summed E-state index contributed by atoms with van der Waals surface area (Å²) in [6.45, 7) is 2.76. The van der Waals surface area contributed by atoms with Crippen molar-refractivity contribution in [3.8, 4) is 0 Å². The lowest BCUT2D eigenvalue weighted by Crippen LogP contribution is -2.32. The quantitative estimate of drug-likeness (QED) is 0.321. The van der Waals surface area contributed by atoms with Crippen molar-refractivity contribution in [1.82, 2.24) is 9.55 Å². The molecule has 0 atom stereocenters. The molecule has 0 saturated carbocycles. The van der Waals surface area contributed by atoms with Crippen LogP contribution in [0.1, 0.15) is 12.5 Å². The molecule has 0 spiro atoms. The zero-order valence-electron chi connectivity index (χ0n) is 17.0. The highest BCUT2D eigenvalue weighted by atomic mass is 35.5. The third-order valence-corrected chi connectivity index (χ3v) is 6.32. The zero-order valence-corrected chi connectivity index (χ0v) is 18.5. The van der Waals surface area contributed by atoms with Gasteiger partial charge in [-0.2, -0.15) is 0 Å². The second-order valence-corrected chi connectivity index (χ2v) is 8.28. The summed E-state index contributed by atoms with van der Waals surface area (Å²) in [5, 5.41) is 1.02. The second-order valence-electron chi connectivity index (χ2n) is 6.93. The van der Waals surface area contributed by atoms with Crippen molar-refractivity contribution in [2.45, 2.75) is 18.6 Å². The molecule has 0 unspecified atom stereocenters. The van der Waals surface area contributed by atoms with Crippen molar-refractivity contribution in [2.75, 3.05) is 17.2 Å². The van der Waals surface area contributed by atoms with E-state index in [0.717, 1.165) is 16.7 Å². The van der Waals surface area contributed by atoms with E-state index in [1.54, 1.807) is 17.0 Å². The Bertz CT molecular complexity index is 1190. The van der Waals surface area contributed by atoms with Gasteiger partial charge in [0.15, 0.2) is 5.16 Å². The van der Waals surface area contributed by atoms with Crippen molar-refractivity contribution < 1.29 is 9.18 Å². The highest BCUT2D eigenvalue weighted by Gasteiger charge is 2.19. The van der Waals surface area contributed by atoms with Crippen LogP contribution in [0.15, 0.2) is 78.0 Å². The lowest BCUT2D eigenvalue weighted by molar-refractivity contribution is -0.116. The number of hydrogen-bond donors (Lipinski definition) is 0. The van der Waals surface area contributed by atoms with Gasteiger partial charge in [-0.15, -0.1) is 0 Å². The van der Waals surface area contributed by atoms with E-state index in [9.17, 15) is 9.18 Å². The Labute approximate surface area is 189 Å². The standard InChI is InChI=1S/C24H21ClFN3OS/c1-2-28(17-9-4-3-5-10-17)23(30)16-31-24-27-21-13-6-7-14-22(21)29(24)15-18-19(25)11-8-12-20(18)26/h3-14H,2,15-16H2,1H3. The molecule has 158 valence electrons. The average Bonchev–Trinajstić information content (AvgIpc) is 3.13. The Morgan fingerprint density at radius 3 is 2.55 bits per heavy atom. The number of imidazole rings is 1. The molecule has 1 heterocycles. The minimum Gasteiger partial charge on any atom is -0.314 e. The largest absolute Gasteiger partial charge is 0.314 e. The van der Waals surface area contributed by atoms with Crippen LogP contribution in [0.4, 0.5) is 10.1 Å². The Balaban J connectivity index is 1.62. The summed E-state index contributed by atoms with van der Waals surface area (Å²) in [5.74, 6) is -0.156. The van der Waals surface area contributed by atoms with Gasteiger partial charge in [0.2, 0.25) is 5.91 Å². The topological polar surface area (TPSA) is 38.1 Å². The van der Waals surface area contributed by atoms with Gasteiger partial charge in [0.05, 0.1) is 23.3 Å². The number of nitrogens with zero attached hydrogens (tertiary/aromatic N) is 3. The molecule has 0 aliphatic carbocycles. The van der Waals surface area contributed by atoms with E-state index in [2.05, 4.69) is 4.98 Å². The molecule has 0 bridgehead atoms. The Morgan fingerprint density at radius 1 is 1.06 bits per heavy atom. The Hall–Kier alpha value is -2.83. The minimum absolute atomic E-state index is 0.0127. The molecule has 4 rings (SSSR count). The smallest absolute Gasteiger partial charge is 0.237 e. The van der Waals surface area contributed by atoms with Gasteiger partial charge in [-0.05, 0) is 43.3 Å². The zero-order chi connectivity index (χ0) is 21.8. The van der Waals surface area contributed by atoms with E-state index in [1.807, 2.05) is 66.1 Å². The van der Waals surface area contributed by atoms with Gasteiger partial charge in [-0.25, -0.2) is 9.37 Å². The lowest BCUT2D eigenvalue weighted by atomic mass is 10.2. The fourth-order valence-electron chi connectivity index (χ4n) is 3.47. The molecule has 0 fully saturated rings. The molecular weight excluding hydrogens is 433 g/mol. The maximum Gasteiger partial charge on any atom is 0.237 e. The number of anilines is 1. The van der Waals surface area contributed by atoms with Crippen LogP contribution in [0.5, 0.6) is 0 Å². The molecule has 0 aliphatic rings. The van der Waals surface area contributed by atoms with Crippen molar-refractivity contribution in [2.24, 2.45) is 0 Å². The number of benzene rings is 3. The number of aromatic nitrogens is 2. The maximum atomic E-state index is 14.4. The number of fused-ring (bicyclic) bond motifs is 1. The minimum atomic E-state index is -0.362. The van der Waals surface area contributed by atoms with Gasteiger partial charge in [0.25, 0.3) is 0 Å². The highest BCUT2D eigenvalue weighted by Crippen LogP contribution is 2.28. The summed E-state index contributed by atoms with van der Waals surface area (Å²) >= 11 is 7.61. The number of carbonyl (C=O) groups is 1. The molecule has 31 heavy (non-hydrogen) atoms. The molecule has 1 amide bonds. The number of amides is 1. The van der Waals surface area contributed by atoms with E-state index in [4.69, 9.17) is 11.6 Å². The van der Waals surface area contributed by atoms with Crippen LogP contribution in [-0.2, 0) is 11.3 Å². The molecule has 1 aromatic heterocycles. The molecule has 4 nitrogen and oxygen atoms in total. The van der Waals surface area contributed by atoms with E-state index in [0.29, 0.717) is 22.3 Å². The summed E-state index contributed by atoms with van der Waals surface area (Å²) in [5.41, 5.74) is 2.93. The number of hydrogen-bond acceptors (Lipinski definition) is 3. The van der Waals surface area contributed by atoms with Gasteiger partial charge >= 0.3 is 0 Å². The van der Waals surface area contributed by atoms with Crippen molar-refractivity contribution >= 4 is 46.0 Å². The van der Waals surface area contributed by atoms with Crippen LogP contribution in [0.2, 0.25) is 5.02 Å². The predicted molar refractivity (Wildman–Crippen MR) is 125 cm³/mol. The predicted octanol–water partition coefficient (Wildman–Crippen LogP) is 6.02. The van der Waals surface area contributed by atoms with E-state index in [1.165, 1.54) is 17.8 Å². The van der Waals surface area contributed by atoms with Crippen LogP contribution in [0.3, 0.4) is 0 Å². The van der Waals surface area contributed by atoms with E-state index < -0.39 is 0 Å². The van der Waals surface area contributed by atoms with Crippen LogP contribution in [-0.4, -0.2) is 27.8 Å². The molecular formula is C24H21ClFN3OS. The Kier molecular flexibility index (Phi) is 6.59. The molecule has 0 aliphatic heterocycles. The normalized spacial score (nSPS) is 11.1. The van der Waals surface area contributed by atoms with E-state index >= 15 is 0 Å². The van der Waals surface area contributed by atoms with Crippen molar-refractivity contribution in [3.63, 3.8) is 0 Å². The van der Waals surface area contributed by atoms with Crippen LogP contribution >= 0.6 is 23.4 Å². The first kappa shape index (κ1) is 21.4. The van der Waals surface area contributed by atoms with Gasteiger partial charge in [0.1, 0.15) is 5.82 Å². The molecule has 0 N–H and O–H groups in total. The van der Waals surface area contributed by atoms with Crippen LogP contribution < -0.4 is 4.90 Å². The highest BCUT2D eigenvalue weighted by molar-refractivity contribution is 7.99. The fourth-order valence-corrected chi connectivity index (χ4v) is 4.59. The summed E-state index contributed by atoms with van der Waals surface area (Å²) in [7, 11) is 0. The van der Waals surface area contributed by atoms with Crippen molar-refractivity contribution in [3.05, 3.63) is 89.2 Å². The maximum absolute atomic E-state index is 14.4. The summed E-state index contributed by atoms with van der Waals surface area (Å²) < 4.78 is 16.4. The Morgan fingerprint density at radius 2 is 1.81 bits per heavy atom. The fraction of sp³-hybridized carbons (Fsp3) is 0.167. The van der Waals surface area contributed by atoms with Crippen molar-refractivity contribution in [1.29, 1.82) is 0 Å². The first-order valence-corrected chi connectivity index (χ1v) is 11.3. The van der Waals surface area contributed by atoms with Gasteiger partial charge in [0, 0.05) is 22.8 Å². The van der Waals surface area contributed by atoms with Gasteiger partial charge < -0.3 is 9.47 Å². The van der Waals surface area contributed by atoms with E-state index in [-0.39, 0.29) is 24.0 Å². The summed E-state index contributed by atoms with van der Waals surface area (Å²) in [4.78, 5) is 19.4. The van der Waals surface area contributed by atoms with Crippen LogP contribution in [0.25, 0.3) is 11.0 Å². The molecule has 7 heteroatoms. The third-order valence-electron chi connectivity index (χ3n) is 5.01. The van der Waals surface area contributed by atoms with Crippen LogP contribution in [0, 0.1) is 5.82 Å². The number of halogens is 2. The van der Waals surface area contributed by atoms with Gasteiger partial charge in [-0.3, -0.25) is 4.79 Å². The first-order chi connectivity index (χ1) is 15.1. The lowest BCUT2D eigenvalue weighted by Gasteiger charge is -2.20. The molecule has 0 saturated heterocycles. The SMILES string of the molecule is CCN(C(=O)CSc1nc2ccccc2n1Cc1c(F)cccc1Cl)c1ccccc1. The number of para-hydroxylation sites is 3. The monoisotopic (exact) mass is 453 g/mol. The molecule has 0 radical (unpaired) electrons. The number of rotatable bonds is 7. The summed E-state index contributed by atoms with van der Waals surface area (Å²) in [6, 6.07) is 21.9.